The lowest BCUT2D eigenvalue weighted by Gasteiger charge is -2.16. The van der Waals surface area contributed by atoms with Crippen LogP contribution in [0.4, 0.5) is 10.1 Å². The molecule has 0 spiro atoms. The first-order chi connectivity index (χ1) is 14.2. The van der Waals surface area contributed by atoms with Crippen molar-refractivity contribution in [2.45, 2.75) is 9.79 Å². The number of halogens is 1. The molecule has 0 bridgehead atoms. The lowest BCUT2D eigenvalue weighted by Crippen LogP contribution is -2.15. The Balaban J connectivity index is 1.68. The fourth-order valence-corrected chi connectivity index (χ4v) is 3.84. The number of nitrogen functional groups attached to an aromatic ring is 1. The lowest BCUT2D eigenvalue weighted by molar-refractivity contribution is 0.0224. The summed E-state index contributed by atoms with van der Waals surface area (Å²) < 4.78 is 37.0. The van der Waals surface area contributed by atoms with Crippen molar-refractivity contribution >= 4 is 28.4 Å². The Morgan fingerprint density at radius 2 is 1.52 bits per heavy atom. The van der Waals surface area contributed by atoms with Gasteiger partial charge in [0.05, 0.1) is 31.9 Å². The number of ether oxygens (including phenoxy) is 4. The minimum absolute atomic E-state index is 0.358. The van der Waals surface area contributed by atoms with Gasteiger partial charge in [-0.3, -0.25) is 4.98 Å². The molecule has 1 aliphatic rings. The normalized spacial score (nSPS) is 15.5. The number of rotatable bonds is 2. The Labute approximate surface area is 172 Å². The summed E-state index contributed by atoms with van der Waals surface area (Å²) in [6.07, 6.45) is 1.69. The first kappa shape index (κ1) is 19.8. The van der Waals surface area contributed by atoms with Crippen molar-refractivity contribution in [3.05, 3.63) is 48.4 Å². The maximum atomic E-state index is 14.3. The topological polar surface area (TPSA) is 75.8 Å². The number of pyridine rings is 1. The SMILES string of the molecule is Nc1ccc(Sc2ccnc3cc4c(cc23)OCCOCCOCCO4)c(F)c1. The number of anilines is 1. The Morgan fingerprint density at radius 3 is 2.24 bits per heavy atom. The lowest BCUT2D eigenvalue weighted by atomic mass is 10.2. The molecule has 152 valence electrons. The summed E-state index contributed by atoms with van der Waals surface area (Å²) in [5.41, 5.74) is 6.78. The fourth-order valence-electron chi connectivity index (χ4n) is 2.90. The van der Waals surface area contributed by atoms with Crippen LogP contribution in [0.3, 0.4) is 0 Å². The number of aromatic nitrogens is 1. The Hall–Kier alpha value is -2.55. The van der Waals surface area contributed by atoms with E-state index >= 15 is 0 Å². The van der Waals surface area contributed by atoms with E-state index in [1.165, 1.54) is 17.8 Å². The first-order valence-electron chi connectivity index (χ1n) is 9.27. The van der Waals surface area contributed by atoms with Gasteiger partial charge in [-0.05, 0) is 30.3 Å². The van der Waals surface area contributed by atoms with Crippen LogP contribution in [0.5, 0.6) is 11.5 Å². The van der Waals surface area contributed by atoms with E-state index in [2.05, 4.69) is 4.98 Å². The molecular weight excluding hydrogens is 395 g/mol. The van der Waals surface area contributed by atoms with Crippen LogP contribution >= 0.6 is 11.8 Å². The van der Waals surface area contributed by atoms with Crippen molar-refractivity contribution in [1.29, 1.82) is 0 Å². The van der Waals surface area contributed by atoms with Gasteiger partial charge in [0.15, 0.2) is 11.5 Å². The van der Waals surface area contributed by atoms with Gasteiger partial charge in [0.1, 0.15) is 19.0 Å². The summed E-state index contributed by atoms with van der Waals surface area (Å²) in [5.74, 6) is 0.826. The standard InChI is InChI=1S/C21H21FN2O4S/c22-16-11-14(23)1-2-21(16)29-20-3-4-24-17-13-19-18(12-15(17)20)27-9-7-25-5-6-26-8-10-28-19/h1-4,11-13H,5-10,23H2. The van der Waals surface area contributed by atoms with Gasteiger partial charge in [-0.15, -0.1) is 0 Å². The third-order valence-electron chi connectivity index (χ3n) is 4.29. The average molecular weight is 416 g/mol. The maximum Gasteiger partial charge on any atom is 0.163 e. The zero-order valence-corrected chi connectivity index (χ0v) is 16.5. The third kappa shape index (κ3) is 4.90. The highest BCUT2D eigenvalue weighted by Crippen LogP contribution is 2.39. The summed E-state index contributed by atoms with van der Waals surface area (Å²) >= 11 is 1.31. The van der Waals surface area contributed by atoms with Crippen LogP contribution in [0, 0.1) is 5.82 Å². The van der Waals surface area contributed by atoms with E-state index in [1.54, 1.807) is 18.3 Å². The van der Waals surface area contributed by atoms with Crippen molar-refractivity contribution in [2.24, 2.45) is 0 Å². The van der Waals surface area contributed by atoms with E-state index in [9.17, 15) is 4.39 Å². The summed E-state index contributed by atoms with van der Waals surface area (Å²) in [6, 6.07) is 10.2. The molecule has 0 radical (unpaired) electrons. The molecule has 4 rings (SSSR count). The second kappa shape index (κ2) is 9.30. The van der Waals surface area contributed by atoms with E-state index in [1.807, 2.05) is 18.2 Å². The monoisotopic (exact) mass is 416 g/mol. The van der Waals surface area contributed by atoms with E-state index in [0.29, 0.717) is 61.7 Å². The molecule has 1 aromatic heterocycles. The summed E-state index contributed by atoms with van der Waals surface area (Å²) in [7, 11) is 0. The van der Waals surface area contributed by atoms with Gasteiger partial charge in [0, 0.05) is 33.1 Å². The van der Waals surface area contributed by atoms with Crippen LogP contribution in [0.1, 0.15) is 0 Å². The molecular formula is C21H21FN2O4S. The van der Waals surface area contributed by atoms with E-state index < -0.39 is 0 Å². The molecule has 1 aliphatic heterocycles. The number of nitrogens with zero attached hydrogens (tertiary/aromatic N) is 1. The van der Waals surface area contributed by atoms with E-state index in [-0.39, 0.29) is 5.82 Å². The second-order valence-electron chi connectivity index (χ2n) is 6.34. The third-order valence-corrected chi connectivity index (χ3v) is 5.41. The molecule has 2 aromatic carbocycles. The first-order valence-corrected chi connectivity index (χ1v) is 10.1. The molecule has 0 atom stereocenters. The number of nitrogens with two attached hydrogens (primary N) is 1. The average Bonchev–Trinajstić information content (AvgIpc) is 2.70. The highest BCUT2D eigenvalue weighted by atomic mass is 32.2. The Morgan fingerprint density at radius 1 is 0.828 bits per heavy atom. The molecule has 0 aliphatic carbocycles. The smallest absolute Gasteiger partial charge is 0.163 e. The van der Waals surface area contributed by atoms with Crippen LogP contribution in [-0.2, 0) is 9.47 Å². The maximum absolute atomic E-state index is 14.3. The summed E-state index contributed by atoms with van der Waals surface area (Å²) in [6.45, 7) is 2.74. The highest BCUT2D eigenvalue weighted by Gasteiger charge is 2.14. The van der Waals surface area contributed by atoms with Gasteiger partial charge in [0.2, 0.25) is 0 Å². The second-order valence-corrected chi connectivity index (χ2v) is 7.42. The predicted molar refractivity (Wildman–Crippen MR) is 109 cm³/mol. The van der Waals surface area contributed by atoms with E-state index in [4.69, 9.17) is 24.7 Å². The Bertz CT molecular complexity index is 1000. The van der Waals surface area contributed by atoms with Crippen LogP contribution in [0.2, 0.25) is 0 Å². The number of hydrogen-bond acceptors (Lipinski definition) is 7. The number of benzene rings is 2. The zero-order chi connectivity index (χ0) is 20.1. The highest BCUT2D eigenvalue weighted by molar-refractivity contribution is 7.99. The van der Waals surface area contributed by atoms with Crippen molar-refractivity contribution in [3.63, 3.8) is 0 Å². The quantitative estimate of drug-likeness (QED) is 0.635. The molecule has 0 amide bonds. The molecule has 2 heterocycles. The van der Waals surface area contributed by atoms with Crippen molar-refractivity contribution < 1.29 is 23.3 Å². The van der Waals surface area contributed by atoms with Gasteiger partial charge in [-0.25, -0.2) is 4.39 Å². The molecule has 0 unspecified atom stereocenters. The van der Waals surface area contributed by atoms with E-state index in [0.717, 1.165) is 15.8 Å². The molecule has 0 saturated heterocycles. The molecule has 3 aromatic rings. The fraction of sp³-hybridized carbons (Fsp3) is 0.286. The van der Waals surface area contributed by atoms with Gasteiger partial charge in [0.25, 0.3) is 0 Å². The van der Waals surface area contributed by atoms with Crippen LogP contribution in [-0.4, -0.2) is 44.6 Å². The van der Waals surface area contributed by atoms with Gasteiger partial charge in [-0.2, -0.15) is 0 Å². The zero-order valence-electron chi connectivity index (χ0n) is 15.7. The van der Waals surface area contributed by atoms with Crippen LogP contribution in [0.15, 0.2) is 52.4 Å². The summed E-state index contributed by atoms with van der Waals surface area (Å²) in [5, 5.41) is 0.848. The van der Waals surface area contributed by atoms with Gasteiger partial charge in [-0.1, -0.05) is 11.8 Å². The molecule has 0 saturated carbocycles. The molecule has 6 nitrogen and oxygen atoms in total. The minimum atomic E-state index is -0.358. The Kier molecular flexibility index (Phi) is 6.33. The number of fused-ring (bicyclic) bond motifs is 2. The molecule has 0 fully saturated rings. The van der Waals surface area contributed by atoms with Gasteiger partial charge >= 0.3 is 0 Å². The number of hydrogen-bond donors (Lipinski definition) is 1. The van der Waals surface area contributed by atoms with Gasteiger partial charge < -0.3 is 24.7 Å². The molecule has 29 heavy (non-hydrogen) atoms. The molecule has 2 N–H and O–H groups in total. The molecule has 8 heteroatoms. The van der Waals surface area contributed by atoms with Crippen molar-refractivity contribution in [2.75, 3.05) is 45.4 Å². The largest absolute Gasteiger partial charge is 0.487 e. The summed E-state index contributed by atoms with van der Waals surface area (Å²) in [4.78, 5) is 5.78. The predicted octanol–water partition coefficient (Wildman–Crippen LogP) is 3.91. The van der Waals surface area contributed by atoms with Crippen molar-refractivity contribution in [1.82, 2.24) is 4.98 Å². The van der Waals surface area contributed by atoms with Crippen molar-refractivity contribution in [3.8, 4) is 11.5 Å². The van der Waals surface area contributed by atoms with Crippen LogP contribution in [0.25, 0.3) is 10.9 Å². The van der Waals surface area contributed by atoms with Crippen LogP contribution < -0.4 is 15.2 Å². The minimum Gasteiger partial charge on any atom is -0.487 e.